The molecule has 1 aliphatic heterocycles. The Hall–Kier alpha value is -0.780. The Morgan fingerprint density at radius 1 is 1.60 bits per heavy atom. The summed E-state index contributed by atoms with van der Waals surface area (Å²) in [4.78, 5) is 0. The zero-order valence-corrected chi connectivity index (χ0v) is 5.19. The van der Waals surface area contributed by atoms with Crippen LogP contribution in [0.25, 0.3) is 0 Å². The molecule has 1 aliphatic rings. The van der Waals surface area contributed by atoms with Gasteiger partial charge in [-0.25, -0.2) is 0 Å². The lowest BCUT2D eigenvalue weighted by molar-refractivity contribution is -0.0946. The maximum Gasteiger partial charge on any atom is 0.464 e. The van der Waals surface area contributed by atoms with Gasteiger partial charge in [0.15, 0.2) is 23.2 Å². The van der Waals surface area contributed by atoms with Gasteiger partial charge in [-0.15, -0.1) is 0 Å². The Balaban J connectivity index is 2.78. The summed E-state index contributed by atoms with van der Waals surface area (Å²) >= 11 is 5.01. The zero-order chi connectivity index (χ0) is 7.78. The van der Waals surface area contributed by atoms with Crippen molar-refractivity contribution in [3.8, 4) is 0 Å². The second kappa shape index (κ2) is 2.12. The molecule has 1 heterocycles. The number of allylic oxidation sites excluding steroid dienone is 1. The van der Waals surface area contributed by atoms with Gasteiger partial charge < -0.3 is 0 Å². The second-order valence-electron chi connectivity index (χ2n) is 1.49. The van der Waals surface area contributed by atoms with Crippen LogP contribution in [-0.4, -0.2) is 10.7 Å². The van der Waals surface area contributed by atoms with Crippen LogP contribution in [0.2, 0.25) is 0 Å². The quantitative estimate of drug-likeness (QED) is 0.509. The Kier molecular flexibility index (Phi) is 1.55. The molecule has 55 valence electrons. The van der Waals surface area contributed by atoms with Crippen molar-refractivity contribution in [1.29, 1.82) is 0 Å². The van der Waals surface area contributed by atoms with E-state index in [4.69, 9.17) is 11.8 Å². The number of rotatable bonds is 0. The van der Waals surface area contributed by atoms with Crippen LogP contribution in [0, 0.1) is 0 Å². The molecule has 0 unspecified atom stereocenters. The molecule has 0 N–H and O–H groups in total. The molecule has 0 aromatic carbocycles. The van der Waals surface area contributed by atoms with Gasteiger partial charge in [0.05, 0.1) is 5.11 Å². The van der Waals surface area contributed by atoms with Crippen LogP contribution in [0.3, 0.4) is 0 Å². The van der Waals surface area contributed by atoms with Crippen LogP contribution in [0.15, 0.2) is 17.1 Å². The van der Waals surface area contributed by atoms with Crippen molar-refractivity contribution >= 4 is 11.8 Å². The minimum atomic E-state index is -4.47. The molecule has 0 saturated heterocycles. The average molecular weight is 172 g/mol. The minimum absolute atomic E-state index is 0.475. The normalized spacial score (nSPS) is 18.0. The van der Waals surface area contributed by atoms with E-state index < -0.39 is 11.9 Å². The summed E-state index contributed by atoms with van der Waals surface area (Å²) in [6, 6.07) is 0. The SMILES string of the molecule is FC(F)(F)C1=CN(Cl)N=[N+]1. The van der Waals surface area contributed by atoms with E-state index >= 15 is 0 Å². The van der Waals surface area contributed by atoms with Crippen molar-refractivity contribution in [2.24, 2.45) is 5.22 Å². The molecular weight excluding hydrogens is 171 g/mol. The van der Waals surface area contributed by atoms with Crippen LogP contribution < -0.4 is 5.11 Å². The smallest absolute Gasteiger partial charge is 0.162 e. The van der Waals surface area contributed by atoms with Gasteiger partial charge in [-0.05, 0) is 4.53 Å². The Labute approximate surface area is 58.9 Å². The second-order valence-corrected chi connectivity index (χ2v) is 1.84. The van der Waals surface area contributed by atoms with E-state index in [2.05, 4.69) is 10.3 Å². The van der Waals surface area contributed by atoms with Crippen molar-refractivity contribution in [3.05, 3.63) is 11.9 Å². The molecule has 3 nitrogen and oxygen atoms in total. The summed E-state index contributed by atoms with van der Waals surface area (Å²) in [7, 11) is 0. The van der Waals surface area contributed by atoms with E-state index in [0.29, 0.717) is 10.7 Å². The van der Waals surface area contributed by atoms with Gasteiger partial charge in [0.2, 0.25) is 0 Å². The van der Waals surface area contributed by atoms with Crippen molar-refractivity contribution in [1.82, 2.24) is 9.64 Å². The summed E-state index contributed by atoms with van der Waals surface area (Å²) in [6.07, 6.45) is -3.88. The molecule has 7 heteroatoms. The van der Waals surface area contributed by atoms with Gasteiger partial charge in [0, 0.05) is 0 Å². The predicted octanol–water partition coefficient (Wildman–Crippen LogP) is 1.56. The monoisotopic (exact) mass is 171 g/mol. The standard InChI is InChI=1S/C3HClF3N3/c4-10-1-2(8-9-10)3(5,6)7/h1H/q+1. The molecule has 0 aromatic heterocycles. The maximum absolute atomic E-state index is 11.6. The zero-order valence-electron chi connectivity index (χ0n) is 4.43. The molecule has 10 heavy (non-hydrogen) atoms. The summed E-state index contributed by atoms with van der Waals surface area (Å²) in [6.45, 7) is 0. The topological polar surface area (TPSA) is 29.7 Å². The first-order valence-corrected chi connectivity index (χ1v) is 2.49. The maximum atomic E-state index is 11.6. The first kappa shape index (κ1) is 7.33. The Morgan fingerprint density at radius 2 is 2.20 bits per heavy atom. The van der Waals surface area contributed by atoms with E-state index in [1.807, 2.05) is 0 Å². The van der Waals surface area contributed by atoms with Crippen molar-refractivity contribution in [3.63, 3.8) is 0 Å². The highest BCUT2D eigenvalue weighted by molar-refractivity contribution is 6.13. The Morgan fingerprint density at radius 3 is 2.40 bits per heavy atom. The first-order chi connectivity index (χ1) is 4.50. The average Bonchev–Trinajstić information content (AvgIpc) is 2.11. The lowest BCUT2D eigenvalue weighted by Crippen LogP contribution is -2.13. The summed E-state index contributed by atoms with van der Waals surface area (Å²) < 4.78 is 35.4. The number of alkyl halides is 3. The van der Waals surface area contributed by atoms with Gasteiger partial charge in [-0.2, -0.15) is 13.2 Å². The molecule has 1 radical (unpaired) electrons. The van der Waals surface area contributed by atoms with Gasteiger partial charge in [0.1, 0.15) is 0 Å². The van der Waals surface area contributed by atoms with E-state index in [9.17, 15) is 13.2 Å². The largest absolute Gasteiger partial charge is 0.464 e. The third-order valence-corrected chi connectivity index (χ3v) is 0.922. The summed E-state index contributed by atoms with van der Waals surface area (Å²) in [5, 5.41) is 5.64. The molecule has 0 saturated carbocycles. The van der Waals surface area contributed by atoms with E-state index in [0.717, 1.165) is 0 Å². The van der Waals surface area contributed by atoms with Gasteiger partial charge in [-0.1, -0.05) is 0 Å². The number of hydrogen-bond donors (Lipinski definition) is 0. The van der Waals surface area contributed by atoms with Crippen LogP contribution >= 0.6 is 11.8 Å². The van der Waals surface area contributed by atoms with Gasteiger partial charge in [0.25, 0.3) is 0 Å². The highest BCUT2D eigenvalue weighted by Crippen LogP contribution is 2.26. The van der Waals surface area contributed by atoms with Crippen LogP contribution in [-0.2, 0) is 0 Å². The molecule has 0 fully saturated rings. The molecular formula is C3HClF3N3+. The van der Waals surface area contributed by atoms with E-state index in [1.165, 1.54) is 0 Å². The fourth-order valence-corrected chi connectivity index (χ4v) is 0.500. The van der Waals surface area contributed by atoms with E-state index in [1.54, 1.807) is 0 Å². The van der Waals surface area contributed by atoms with Crippen LogP contribution in [0.4, 0.5) is 13.2 Å². The number of hydrogen-bond acceptors (Lipinski definition) is 3. The third kappa shape index (κ3) is 1.38. The lowest BCUT2D eigenvalue weighted by atomic mass is 10.5. The lowest BCUT2D eigenvalue weighted by Gasteiger charge is -1.93. The van der Waals surface area contributed by atoms with Crippen LogP contribution in [0.5, 0.6) is 0 Å². The molecule has 0 aromatic rings. The molecule has 1 rings (SSSR count). The minimum Gasteiger partial charge on any atom is -0.162 e. The molecule has 0 amide bonds. The number of halogens is 4. The highest BCUT2D eigenvalue weighted by Gasteiger charge is 2.44. The van der Waals surface area contributed by atoms with Crippen molar-refractivity contribution in [2.75, 3.05) is 0 Å². The fraction of sp³-hybridized carbons (Fsp3) is 0.333. The van der Waals surface area contributed by atoms with Gasteiger partial charge in [-0.3, -0.25) is 0 Å². The Bertz CT molecular complexity index is 196. The third-order valence-electron chi connectivity index (χ3n) is 0.757. The predicted molar refractivity (Wildman–Crippen MR) is 26.4 cm³/mol. The summed E-state index contributed by atoms with van der Waals surface area (Å²) in [5.41, 5.74) is -1.09. The fourth-order valence-electron chi connectivity index (χ4n) is 0.373. The highest BCUT2D eigenvalue weighted by atomic mass is 35.5. The molecule has 0 bridgehead atoms. The molecule has 0 aliphatic carbocycles. The van der Waals surface area contributed by atoms with Crippen LogP contribution in [0.1, 0.15) is 0 Å². The number of nitrogens with zero attached hydrogens (tertiary/aromatic N) is 3. The summed E-state index contributed by atoms with van der Waals surface area (Å²) in [5.74, 6) is 0. The van der Waals surface area contributed by atoms with Crippen molar-refractivity contribution < 1.29 is 13.2 Å². The van der Waals surface area contributed by atoms with E-state index in [-0.39, 0.29) is 0 Å². The first-order valence-electron chi connectivity index (χ1n) is 2.16. The van der Waals surface area contributed by atoms with Crippen molar-refractivity contribution in [2.45, 2.75) is 6.18 Å². The molecule has 0 atom stereocenters. The van der Waals surface area contributed by atoms with Gasteiger partial charge >= 0.3 is 11.9 Å². The molecule has 0 spiro atoms.